The quantitative estimate of drug-likeness (QED) is 0.286. The monoisotopic (exact) mass is 371 g/mol. The van der Waals surface area contributed by atoms with Crippen LogP contribution < -0.4 is 4.74 Å². The molecular formula is C12H17BrCl2O2Si. The van der Waals surface area contributed by atoms with Gasteiger partial charge in [0.15, 0.2) is 6.79 Å². The molecule has 0 aliphatic heterocycles. The Kier molecular flexibility index (Phi) is 5.82. The van der Waals surface area contributed by atoms with E-state index in [-0.39, 0.29) is 12.8 Å². The van der Waals surface area contributed by atoms with Crippen LogP contribution in [0.1, 0.15) is 1.37 Å². The van der Waals surface area contributed by atoms with E-state index in [0.717, 1.165) is 6.04 Å². The van der Waals surface area contributed by atoms with E-state index in [9.17, 15) is 0 Å². The first-order chi connectivity index (χ1) is 8.72. The molecule has 0 atom stereocenters. The van der Waals surface area contributed by atoms with Crippen molar-refractivity contribution in [3.05, 3.63) is 26.6 Å². The van der Waals surface area contributed by atoms with Gasteiger partial charge in [0.05, 0.1) is 15.9 Å². The Morgan fingerprint density at radius 3 is 2.67 bits per heavy atom. The van der Waals surface area contributed by atoms with Crippen molar-refractivity contribution in [1.29, 1.82) is 0 Å². The van der Waals surface area contributed by atoms with Crippen molar-refractivity contribution in [3.63, 3.8) is 0 Å². The molecule has 0 unspecified atom stereocenters. The lowest BCUT2D eigenvalue weighted by Crippen LogP contribution is -2.22. The summed E-state index contributed by atoms with van der Waals surface area (Å²) in [7, 11) is -1.09. The Bertz CT molecular complexity index is 452. The van der Waals surface area contributed by atoms with E-state index in [1.165, 1.54) is 6.07 Å². The summed E-state index contributed by atoms with van der Waals surface area (Å²) in [6.45, 7) is 7.63. The van der Waals surface area contributed by atoms with Crippen LogP contribution in [0.3, 0.4) is 0 Å². The average Bonchev–Trinajstić information content (AvgIpc) is 2.28. The third kappa shape index (κ3) is 5.49. The first-order valence-electron chi connectivity index (χ1n) is 6.07. The molecule has 0 aliphatic carbocycles. The molecule has 0 aromatic heterocycles. The highest BCUT2D eigenvalue weighted by Crippen LogP contribution is 2.37. The maximum atomic E-state index is 7.78. The van der Waals surface area contributed by atoms with Crippen LogP contribution in [0.2, 0.25) is 35.7 Å². The number of benzene rings is 1. The van der Waals surface area contributed by atoms with Gasteiger partial charge in [-0.05, 0) is 34.1 Å². The fraction of sp³-hybridized carbons (Fsp3) is 0.500. The molecule has 0 spiro atoms. The van der Waals surface area contributed by atoms with Crippen molar-refractivity contribution in [1.82, 2.24) is 0 Å². The van der Waals surface area contributed by atoms with Gasteiger partial charge in [0, 0.05) is 14.7 Å². The summed E-state index contributed by atoms with van der Waals surface area (Å²) in [5.74, 6) is 0.349. The van der Waals surface area contributed by atoms with E-state index >= 15 is 0 Å². The number of ether oxygens (including phenoxy) is 2. The molecule has 0 saturated heterocycles. The summed E-state index contributed by atoms with van der Waals surface area (Å²) >= 11 is 15.1. The predicted octanol–water partition coefficient (Wildman–Crippen LogP) is 5.45. The van der Waals surface area contributed by atoms with Crippen molar-refractivity contribution in [2.24, 2.45) is 0 Å². The molecule has 0 saturated carbocycles. The van der Waals surface area contributed by atoms with Gasteiger partial charge < -0.3 is 9.47 Å². The molecule has 0 aliphatic rings. The predicted molar refractivity (Wildman–Crippen MR) is 83.8 cm³/mol. The summed E-state index contributed by atoms with van der Waals surface area (Å²) in [4.78, 5) is 0. The summed E-state index contributed by atoms with van der Waals surface area (Å²) in [5, 5.41) is 0.667. The zero-order chi connectivity index (χ0) is 14.6. The van der Waals surface area contributed by atoms with Crippen molar-refractivity contribution in [2.45, 2.75) is 25.7 Å². The fourth-order valence-electron chi connectivity index (χ4n) is 1.10. The van der Waals surface area contributed by atoms with E-state index < -0.39 is 8.07 Å². The van der Waals surface area contributed by atoms with Crippen LogP contribution in [-0.4, -0.2) is 21.5 Å². The molecule has 1 rings (SSSR count). The van der Waals surface area contributed by atoms with Crippen molar-refractivity contribution >= 4 is 47.2 Å². The van der Waals surface area contributed by atoms with Crippen molar-refractivity contribution in [3.8, 4) is 5.75 Å². The van der Waals surface area contributed by atoms with E-state index in [4.69, 9.17) is 34.0 Å². The van der Waals surface area contributed by atoms with Gasteiger partial charge in [0.2, 0.25) is 0 Å². The topological polar surface area (TPSA) is 18.5 Å². The highest BCUT2D eigenvalue weighted by Gasteiger charge is 2.12. The Hall–Kier alpha value is 0.257. The van der Waals surface area contributed by atoms with Gasteiger partial charge in [-0.3, -0.25) is 0 Å². The minimum atomic E-state index is -1.09. The van der Waals surface area contributed by atoms with Gasteiger partial charge in [-0.2, -0.15) is 0 Å². The third-order valence-electron chi connectivity index (χ3n) is 2.21. The minimum absolute atomic E-state index is 0.104. The lowest BCUT2D eigenvalue weighted by molar-refractivity contribution is 0.0216. The SMILES string of the molecule is [2H]c1cc(Cl)c(Cl)c(Br)c1OCOCC[Si](C)(C)C. The molecule has 2 nitrogen and oxygen atoms in total. The van der Waals surface area contributed by atoms with Crippen LogP contribution in [0, 0.1) is 0 Å². The first-order valence-corrected chi connectivity index (χ1v) is 10.8. The second kappa shape index (κ2) is 7.15. The first kappa shape index (κ1) is 14.7. The average molecular weight is 373 g/mol. The molecule has 6 heteroatoms. The number of hydrogen-bond donors (Lipinski definition) is 0. The maximum absolute atomic E-state index is 7.78. The third-order valence-corrected chi connectivity index (χ3v) is 5.69. The smallest absolute Gasteiger partial charge is 0.189 e. The Labute approximate surface area is 129 Å². The van der Waals surface area contributed by atoms with Gasteiger partial charge in [0.25, 0.3) is 0 Å². The zero-order valence-corrected chi connectivity index (χ0v) is 14.7. The largest absolute Gasteiger partial charge is 0.466 e. The zero-order valence-electron chi connectivity index (χ0n) is 11.6. The Morgan fingerprint density at radius 1 is 1.39 bits per heavy atom. The highest BCUT2D eigenvalue weighted by atomic mass is 79.9. The molecule has 0 fully saturated rings. The van der Waals surface area contributed by atoms with Crippen LogP contribution >= 0.6 is 39.1 Å². The molecule has 1 aromatic rings. The lowest BCUT2D eigenvalue weighted by Gasteiger charge is -2.16. The summed E-state index contributed by atoms with van der Waals surface area (Å²) in [6, 6.07) is 2.70. The molecule has 0 heterocycles. The van der Waals surface area contributed by atoms with Gasteiger partial charge in [0.1, 0.15) is 5.75 Å². The second-order valence-corrected chi connectivity index (χ2v) is 12.3. The van der Waals surface area contributed by atoms with Crippen molar-refractivity contribution in [2.75, 3.05) is 13.4 Å². The van der Waals surface area contributed by atoms with Crippen LogP contribution in [0.25, 0.3) is 0 Å². The van der Waals surface area contributed by atoms with Gasteiger partial charge >= 0.3 is 0 Å². The normalized spacial score (nSPS) is 12.4. The fourth-order valence-corrected chi connectivity index (χ4v) is 2.71. The van der Waals surface area contributed by atoms with E-state index in [2.05, 4.69) is 35.6 Å². The summed E-state index contributed by atoms with van der Waals surface area (Å²) in [5.41, 5.74) is 0. The van der Waals surface area contributed by atoms with Gasteiger partial charge in [-0.1, -0.05) is 42.8 Å². The Morgan fingerprint density at radius 2 is 2.06 bits per heavy atom. The number of hydrogen-bond acceptors (Lipinski definition) is 2. The molecule has 102 valence electrons. The van der Waals surface area contributed by atoms with Crippen molar-refractivity contribution < 1.29 is 10.8 Å². The second-order valence-electron chi connectivity index (χ2n) is 5.07. The van der Waals surface area contributed by atoms with Gasteiger partial charge in [-0.25, -0.2) is 0 Å². The van der Waals surface area contributed by atoms with Crippen LogP contribution in [0.4, 0.5) is 0 Å². The van der Waals surface area contributed by atoms with Crippen LogP contribution in [0.15, 0.2) is 16.6 Å². The van der Waals surface area contributed by atoms with E-state index in [1.54, 1.807) is 0 Å². The molecular weight excluding hydrogens is 355 g/mol. The number of rotatable bonds is 6. The minimum Gasteiger partial charge on any atom is -0.466 e. The van der Waals surface area contributed by atoms with E-state index in [0.29, 0.717) is 26.9 Å². The molecule has 1 aromatic carbocycles. The molecule has 0 radical (unpaired) electrons. The van der Waals surface area contributed by atoms with E-state index in [1.807, 2.05) is 0 Å². The molecule has 0 N–H and O–H groups in total. The van der Waals surface area contributed by atoms with Gasteiger partial charge in [-0.15, -0.1) is 0 Å². The highest BCUT2D eigenvalue weighted by molar-refractivity contribution is 9.10. The summed E-state index contributed by atoms with van der Waals surface area (Å²) < 4.78 is 19.1. The summed E-state index contributed by atoms with van der Waals surface area (Å²) in [6.07, 6.45) is 0. The molecule has 18 heavy (non-hydrogen) atoms. The van der Waals surface area contributed by atoms with Crippen LogP contribution in [-0.2, 0) is 4.74 Å². The van der Waals surface area contributed by atoms with Crippen LogP contribution in [0.5, 0.6) is 5.75 Å². The molecule has 0 bridgehead atoms. The molecule has 0 amide bonds. The maximum Gasteiger partial charge on any atom is 0.189 e. The standard InChI is InChI=1S/C12H17BrCl2O2Si/c1-18(2,3)7-6-16-8-17-10-5-4-9(14)12(15)11(10)13/h4-5H,6-8H2,1-3H3/i5D. The number of halogens is 3. The lowest BCUT2D eigenvalue weighted by atomic mass is 10.3. The Balaban J connectivity index is 2.53.